The highest BCUT2D eigenvalue weighted by Crippen LogP contribution is 2.32. The maximum atomic E-state index is 14.4. The molecule has 0 aliphatic heterocycles. The average molecular weight is 392 g/mol. The quantitative estimate of drug-likeness (QED) is 0.822. The molecule has 3 N–H and O–H groups in total. The average Bonchev–Trinajstić information content (AvgIpc) is 2.63. The third-order valence-corrected chi connectivity index (χ3v) is 5.76. The first-order chi connectivity index (χ1) is 12.8. The number of hydrogen-bond donors (Lipinski definition) is 2. The van der Waals surface area contributed by atoms with Crippen LogP contribution < -0.4 is 10.0 Å². The number of carbonyl (C=O) groups is 1. The molecular weight excluding hydrogens is 371 g/mol. The summed E-state index contributed by atoms with van der Waals surface area (Å²) in [5.41, 5.74) is 0.807. The molecule has 0 aromatic heterocycles. The molecule has 6 nitrogen and oxygen atoms in total. The van der Waals surface area contributed by atoms with Gasteiger partial charge in [0.25, 0.3) is 0 Å². The normalized spacial score (nSPS) is 15.5. The van der Waals surface area contributed by atoms with Crippen molar-refractivity contribution in [1.82, 2.24) is 0 Å². The zero-order valence-corrected chi connectivity index (χ0v) is 15.5. The van der Waals surface area contributed by atoms with Crippen LogP contribution in [-0.2, 0) is 10.0 Å². The van der Waals surface area contributed by atoms with Gasteiger partial charge in [-0.15, -0.1) is 0 Å². The zero-order chi connectivity index (χ0) is 19.6. The number of nitrogens with two attached hydrogens (primary N) is 1. The fourth-order valence-electron chi connectivity index (χ4n) is 3.54. The number of hydrogen-bond acceptors (Lipinski definition) is 3. The van der Waals surface area contributed by atoms with Gasteiger partial charge in [-0.2, -0.15) is 0 Å². The van der Waals surface area contributed by atoms with E-state index in [1.165, 1.54) is 41.3 Å². The van der Waals surface area contributed by atoms with Gasteiger partial charge in [0, 0.05) is 17.3 Å². The van der Waals surface area contributed by atoms with Crippen LogP contribution in [0.5, 0.6) is 0 Å². The first-order valence-corrected chi connectivity index (χ1v) is 10.3. The Hall–Kier alpha value is -2.45. The van der Waals surface area contributed by atoms with E-state index in [1.807, 2.05) is 0 Å². The molecule has 1 amide bonds. The molecule has 1 fully saturated rings. The Kier molecular flexibility index (Phi) is 5.48. The molecule has 0 saturated heterocycles. The van der Waals surface area contributed by atoms with Crippen molar-refractivity contribution in [2.75, 3.05) is 4.90 Å². The summed E-state index contributed by atoms with van der Waals surface area (Å²) in [6.45, 7) is 0. The first-order valence-electron chi connectivity index (χ1n) is 8.72. The van der Waals surface area contributed by atoms with Crippen LogP contribution in [-0.4, -0.2) is 25.7 Å². The van der Waals surface area contributed by atoms with Crippen LogP contribution in [0.1, 0.15) is 32.1 Å². The van der Waals surface area contributed by atoms with Crippen molar-refractivity contribution < 1.29 is 22.7 Å². The van der Waals surface area contributed by atoms with Gasteiger partial charge in [-0.3, -0.25) is 4.90 Å². The van der Waals surface area contributed by atoms with Crippen molar-refractivity contribution in [1.29, 1.82) is 0 Å². The van der Waals surface area contributed by atoms with Crippen molar-refractivity contribution in [3.63, 3.8) is 0 Å². The number of benzene rings is 2. The summed E-state index contributed by atoms with van der Waals surface area (Å²) >= 11 is 0. The molecule has 144 valence electrons. The second-order valence-electron chi connectivity index (χ2n) is 6.68. The summed E-state index contributed by atoms with van der Waals surface area (Å²) in [6, 6.07) is 9.57. The molecule has 2 aromatic carbocycles. The van der Waals surface area contributed by atoms with Gasteiger partial charge in [-0.25, -0.2) is 22.7 Å². The molecule has 3 rings (SSSR count). The summed E-state index contributed by atoms with van der Waals surface area (Å²) < 4.78 is 37.6. The van der Waals surface area contributed by atoms with Crippen LogP contribution in [0.25, 0.3) is 11.1 Å². The Labute approximate surface area is 157 Å². The molecule has 0 heterocycles. The Morgan fingerprint density at radius 2 is 1.81 bits per heavy atom. The molecule has 0 atom stereocenters. The monoisotopic (exact) mass is 392 g/mol. The van der Waals surface area contributed by atoms with Crippen LogP contribution in [0.2, 0.25) is 0 Å². The third kappa shape index (κ3) is 4.28. The molecule has 0 radical (unpaired) electrons. The Morgan fingerprint density at radius 3 is 2.44 bits per heavy atom. The summed E-state index contributed by atoms with van der Waals surface area (Å²) in [6.07, 6.45) is 3.44. The molecule has 8 heteroatoms. The molecule has 27 heavy (non-hydrogen) atoms. The fraction of sp³-hybridized carbons (Fsp3) is 0.316. The van der Waals surface area contributed by atoms with E-state index < -0.39 is 21.9 Å². The van der Waals surface area contributed by atoms with Crippen molar-refractivity contribution in [3.8, 4) is 11.1 Å². The van der Waals surface area contributed by atoms with Crippen LogP contribution in [0.3, 0.4) is 0 Å². The van der Waals surface area contributed by atoms with E-state index in [2.05, 4.69) is 0 Å². The lowest BCUT2D eigenvalue weighted by Crippen LogP contribution is -2.40. The first kappa shape index (κ1) is 19.3. The topological polar surface area (TPSA) is 101 Å². The van der Waals surface area contributed by atoms with Gasteiger partial charge in [-0.1, -0.05) is 31.4 Å². The largest absolute Gasteiger partial charge is 0.465 e. The van der Waals surface area contributed by atoms with Crippen molar-refractivity contribution in [2.45, 2.75) is 43.0 Å². The number of sulfonamides is 1. The number of carboxylic acid groups (broad SMARTS) is 1. The standard InChI is InChI=1S/C19H21FN2O4S/c20-18-10-9-15(22(19(23)24)14-6-2-1-3-7-14)12-17(18)13-5-4-8-16(11-13)27(21,25)26/h4-5,8-12,14H,1-3,6-7H2,(H,23,24)(H2,21,25,26). The zero-order valence-electron chi connectivity index (χ0n) is 14.6. The Balaban J connectivity index is 2.05. The lowest BCUT2D eigenvalue weighted by molar-refractivity contribution is 0.196. The summed E-state index contributed by atoms with van der Waals surface area (Å²) in [5, 5.41) is 14.8. The summed E-state index contributed by atoms with van der Waals surface area (Å²) in [5.74, 6) is -0.570. The third-order valence-electron chi connectivity index (χ3n) is 4.85. The molecule has 0 spiro atoms. The Bertz CT molecular complexity index is 956. The molecule has 2 aromatic rings. The number of primary sulfonamides is 1. The van der Waals surface area contributed by atoms with Gasteiger partial charge in [0.05, 0.1) is 4.90 Å². The highest BCUT2D eigenvalue weighted by molar-refractivity contribution is 7.89. The van der Waals surface area contributed by atoms with Crippen LogP contribution >= 0.6 is 0 Å². The minimum absolute atomic E-state index is 0.125. The lowest BCUT2D eigenvalue weighted by Gasteiger charge is -2.32. The van der Waals surface area contributed by atoms with Crippen molar-refractivity contribution >= 4 is 21.8 Å². The second kappa shape index (κ2) is 7.66. The van der Waals surface area contributed by atoms with Crippen molar-refractivity contribution in [3.05, 3.63) is 48.3 Å². The summed E-state index contributed by atoms with van der Waals surface area (Å²) in [7, 11) is -3.93. The van der Waals surface area contributed by atoms with Gasteiger partial charge in [0.2, 0.25) is 10.0 Å². The van der Waals surface area contributed by atoms with Gasteiger partial charge in [0.1, 0.15) is 5.82 Å². The Morgan fingerprint density at radius 1 is 1.11 bits per heavy atom. The lowest BCUT2D eigenvalue weighted by atomic mass is 9.93. The van der Waals surface area contributed by atoms with E-state index in [0.29, 0.717) is 11.3 Å². The maximum absolute atomic E-state index is 14.4. The predicted octanol–water partition coefficient (Wildman–Crippen LogP) is 3.96. The maximum Gasteiger partial charge on any atom is 0.412 e. The van der Waals surface area contributed by atoms with E-state index in [9.17, 15) is 22.7 Å². The highest BCUT2D eigenvalue weighted by Gasteiger charge is 2.27. The van der Waals surface area contributed by atoms with Crippen LogP contribution in [0.15, 0.2) is 47.4 Å². The van der Waals surface area contributed by atoms with E-state index in [1.54, 1.807) is 6.07 Å². The number of rotatable bonds is 4. The smallest absolute Gasteiger partial charge is 0.412 e. The molecule has 0 unspecified atom stereocenters. The summed E-state index contributed by atoms with van der Waals surface area (Å²) in [4.78, 5) is 13.0. The second-order valence-corrected chi connectivity index (χ2v) is 8.24. The number of nitrogens with zero attached hydrogens (tertiary/aromatic N) is 1. The fourth-order valence-corrected chi connectivity index (χ4v) is 4.10. The van der Waals surface area contributed by atoms with Crippen molar-refractivity contribution in [2.24, 2.45) is 5.14 Å². The molecule has 0 bridgehead atoms. The molecule has 1 aliphatic rings. The molecule has 1 saturated carbocycles. The SMILES string of the molecule is NS(=O)(=O)c1cccc(-c2cc(N(C(=O)O)C3CCCCC3)ccc2F)c1. The van der Waals surface area contributed by atoms with Gasteiger partial charge >= 0.3 is 6.09 Å². The highest BCUT2D eigenvalue weighted by atomic mass is 32.2. The van der Waals surface area contributed by atoms with E-state index >= 15 is 0 Å². The number of amides is 1. The number of anilines is 1. The minimum atomic E-state index is -3.93. The predicted molar refractivity (Wildman–Crippen MR) is 101 cm³/mol. The van der Waals surface area contributed by atoms with Gasteiger partial charge in [-0.05, 0) is 48.7 Å². The van der Waals surface area contributed by atoms with Crippen LogP contribution in [0.4, 0.5) is 14.9 Å². The van der Waals surface area contributed by atoms with Crippen LogP contribution in [0, 0.1) is 5.82 Å². The minimum Gasteiger partial charge on any atom is -0.465 e. The van der Waals surface area contributed by atoms with E-state index in [-0.39, 0.29) is 16.5 Å². The molecular formula is C19H21FN2O4S. The van der Waals surface area contributed by atoms with Gasteiger partial charge in [0.15, 0.2) is 0 Å². The van der Waals surface area contributed by atoms with Gasteiger partial charge < -0.3 is 5.11 Å². The number of halogens is 1. The van der Waals surface area contributed by atoms with E-state index in [0.717, 1.165) is 32.1 Å². The van der Waals surface area contributed by atoms with E-state index in [4.69, 9.17) is 5.14 Å². The molecule has 1 aliphatic carbocycles.